The lowest BCUT2D eigenvalue weighted by Crippen LogP contribution is -2.65. The molecule has 0 saturated heterocycles. The Kier molecular flexibility index (Phi) is 18.5. The molecule has 26 nitrogen and oxygen atoms in total. The average molecular weight is 881 g/mol. The first-order chi connectivity index (χ1) is 29.2. The Morgan fingerprint density at radius 2 is 1.00 bits per heavy atom. The second-order valence-corrected chi connectivity index (χ2v) is 13.9. The van der Waals surface area contributed by atoms with Crippen LogP contribution in [0.15, 0.2) is 47.9 Å². The number of aliphatic hydroxyl groups is 4. The molecule has 342 valence electrons. The van der Waals surface area contributed by atoms with Crippen molar-refractivity contribution in [1.29, 1.82) is 10.8 Å². The number of carbonyl (C=O) groups is 6. The van der Waals surface area contributed by atoms with Gasteiger partial charge in [0.1, 0.15) is 12.2 Å². The number of aliphatic hydroxyl groups excluding tert-OH is 4. The summed E-state index contributed by atoms with van der Waals surface area (Å²) >= 11 is 0. The number of ether oxygens (including phenoxy) is 4. The van der Waals surface area contributed by atoms with E-state index >= 15 is 0 Å². The maximum absolute atomic E-state index is 12.9. The summed E-state index contributed by atoms with van der Waals surface area (Å²) in [6, 6.07) is 2.08. The van der Waals surface area contributed by atoms with Crippen LogP contribution < -0.4 is 43.4 Å². The van der Waals surface area contributed by atoms with Crippen molar-refractivity contribution >= 4 is 47.9 Å². The Balaban J connectivity index is 1.60. The third-order valence-corrected chi connectivity index (χ3v) is 9.13. The van der Waals surface area contributed by atoms with Gasteiger partial charge in [-0.3, -0.25) is 20.4 Å². The molecule has 10 atom stereocenters. The summed E-state index contributed by atoms with van der Waals surface area (Å²) in [5.74, 6) is -6.88. The number of amides is 4. The molecule has 0 saturated carbocycles. The van der Waals surface area contributed by atoms with E-state index in [-0.39, 0.29) is 25.9 Å². The molecule has 2 aliphatic rings. The van der Waals surface area contributed by atoms with Gasteiger partial charge < -0.3 is 93.0 Å². The molecule has 0 radical (unpaired) electrons. The number of benzene rings is 1. The number of alkyl carbamates (subject to hydrolysis) is 2. The third kappa shape index (κ3) is 14.7. The van der Waals surface area contributed by atoms with Crippen LogP contribution in [0.3, 0.4) is 0 Å². The molecule has 0 unspecified atom stereocenters. The Morgan fingerprint density at radius 3 is 1.27 bits per heavy atom. The van der Waals surface area contributed by atoms with Gasteiger partial charge in [-0.25, -0.2) is 19.2 Å². The van der Waals surface area contributed by atoms with E-state index in [9.17, 15) is 59.4 Å². The molecule has 26 heteroatoms. The van der Waals surface area contributed by atoms with Crippen molar-refractivity contribution in [2.75, 3.05) is 26.3 Å². The zero-order valence-electron chi connectivity index (χ0n) is 33.4. The second-order valence-electron chi connectivity index (χ2n) is 13.9. The fourth-order valence-corrected chi connectivity index (χ4v) is 6.44. The summed E-state index contributed by atoms with van der Waals surface area (Å²) in [5, 5.41) is 90.0. The largest absolute Gasteiger partial charge is 0.477 e. The molecule has 0 spiro atoms. The number of carboxylic acids is 2. The van der Waals surface area contributed by atoms with Gasteiger partial charge in [0.05, 0.1) is 37.4 Å². The number of hydrogen-bond donors (Lipinski definition) is 16. The molecular weight excluding hydrogens is 828 g/mol. The van der Waals surface area contributed by atoms with Crippen LogP contribution >= 0.6 is 0 Å². The molecule has 18 N–H and O–H groups in total. The van der Waals surface area contributed by atoms with E-state index in [0.29, 0.717) is 0 Å². The van der Waals surface area contributed by atoms with Crippen molar-refractivity contribution in [3.63, 3.8) is 0 Å². The van der Waals surface area contributed by atoms with Crippen molar-refractivity contribution in [3.05, 3.63) is 59.1 Å². The van der Waals surface area contributed by atoms with Crippen LogP contribution in [-0.2, 0) is 51.0 Å². The molecule has 2 heterocycles. The van der Waals surface area contributed by atoms with E-state index in [1.54, 1.807) is 24.3 Å². The van der Waals surface area contributed by atoms with Gasteiger partial charge in [-0.15, -0.1) is 0 Å². The topological polar surface area (TPSA) is 433 Å². The van der Waals surface area contributed by atoms with Crippen LogP contribution in [0.5, 0.6) is 0 Å². The first-order valence-electron chi connectivity index (χ1n) is 18.8. The zero-order valence-corrected chi connectivity index (χ0v) is 33.4. The van der Waals surface area contributed by atoms with Crippen LogP contribution in [0, 0.1) is 10.8 Å². The number of aliphatic carboxylic acids is 2. The zero-order chi connectivity index (χ0) is 46.3. The minimum atomic E-state index is -1.81. The highest BCUT2D eigenvalue weighted by Gasteiger charge is 2.48. The van der Waals surface area contributed by atoms with Crippen molar-refractivity contribution in [2.45, 2.75) is 87.5 Å². The van der Waals surface area contributed by atoms with E-state index in [2.05, 4.69) is 31.9 Å². The fraction of sp³-hybridized carbons (Fsp3) is 0.500. The highest BCUT2D eigenvalue weighted by Crippen LogP contribution is 2.27. The predicted molar refractivity (Wildman–Crippen MR) is 211 cm³/mol. The second kappa shape index (κ2) is 23.2. The minimum Gasteiger partial charge on any atom is -0.477 e. The number of rotatable bonds is 20. The van der Waals surface area contributed by atoms with E-state index < -0.39 is 133 Å². The van der Waals surface area contributed by atoms with Gasteiger partial charge in [0.15, 0.2) is 36.3 Å². The Labute approximate surface area is 353 Å². The van der Waals surface area contributed by atoms with Crippen molar-refractivity contribution in [1.82, 2.24) is 31.9 Å². The van der Waals surface area contributed by atoms with Crippen LogP contribution in [0.1, 0.15) is 25.0 Å². The summed E-state index contributed by atoms with van der Waals surface area (Å²) in [5.41, 5.74) is 12.4. The van der Waals surface area contributed by atoms with Gasteiger partial charge in [-0.2, -0.15) is 0 Å². The van der Waals surface area contributed by atoms with Crippen LogP contribution in [-0.4, -0.2) is 166 Å². The molecule has 0 aromatic heterocycles. The van der Waals surface area contributed by atoms with Crippen LogP contribution in [0.25, 0.3) is 0 Å². The maximum Gasteiger partial charge on any atom is 0.407 e. The van der Waals surface area contributed by atoms with Gasteiger partial charge in [0.2, 0.25) is 23.3 Å². The van der Waals surface area contributed by atoms with Gasteiger partial charge in [-0.1, -0.05) is 24.3 Å². The third-order valence-electron chi connectivity index (χ3n) is 9.13. The van der Waals surface area contributed by atoms with Gasteiger partial charge >= 0.3 is 24.1 Å². The summed E-state index contributed by atoms with van der Waals surface area (Å²) < 4.78 is 21.8. The standard InChI is InChI=1S/C36H52N10O16/c1-15(49)43-25-19(45-33(37)38)11-23(31(53)54)59-29(25)27(21(51)13-47)61-35(57)41-9-7-17-3-5-18(6-4-17)8-10-42-36(58)62-28(22(52)14-48)30-26(44-16(2)50)20(46-34(39)40)12-24(60-30)32(55)56/h3-6,11-12,19-22,25-30,47-48,51-52H,7-10,13-14H2,1-2H3,(H,41,57)(H,42,58)(H,43,49)(H,44,50)(H,53,54)(H,55,56)(H4,37,38,45)(H4,39,40,46)/t19-,20-,21-,22+,25+,26+,27+,28+,29+,30+/m0/s1. The SMILES string of the molecule is CC(=O)N[C@H]1[C@H]([C@H](OC(=O)NCCc2ccc(CCNC(=O)O[C@@H]([C@@H]3OC(C(=O)O)=C[C@H](NC(=N)N)[C@H]3NC(C)=O)[C@@H](O)CO)cc2)[C@H](O)CO)OC(C(=O)O)=C[C@@H]1NC(=N)N. The maximum atomic E-state index is 12.9. The van der Waals surface area contributed by atoms with E-state index in [4.69, 9.17) is 41.2 Å². The Bertz CT molecular complexity index is 1730. The summed E-state index contributed by atoms with van der Waals surface area (Å²) in [6.07, 6.45) is -9.87. The van der Waals surface area contributed by atoms with Gasteiger partial charge in [0, 0.05) is 26.9 Å². The lowest BCUT2D eigenvalue weighted by Gasteiger charge is -2.41. The smallest absolute Gasteiger partial charge is 0.407 e. The molecule has 4 amide bonds. The number of nitrogens with two attached hydrogens (primary N) is 2. The highest BCUT2D eigenvalue weighted by atomic mass is 16.6. The van der Waals surface area contributed by atoms with E-state index in [1.165, 1.54) is 0 Å². The Morgan fingerprint density at radius 1 is 0.661 bits per heavy atom. The molecule has 62 heavy (non-hydrogen) atoms. The minimum absolute atomic E-state index is 0.00731. The average Bonchev–Trinajstić information content (AvgIpc) is 3.19. The molecule has 3 rings (SSSR count). The molecule has 0 bridgehead atoms. The number of carboxylic acid groups (broad SMARTS) is 2. The van der Waals surface area contributed by atoms with Gasteiger partial charge in [-0.05, 0) is 36.1 Å². The predicted octanol–water partition coefficient (Wildman–Crippen LogP) is -4.89. The Hall–Kier alpha value is -6.90. The van der Waals surface area contributed by atoms with E-state index in [0.717, 1.165) is 37.1 Å². The lowest BCUT2D eigenvalue weighted by atomic mass is 9.92. The van der Waals surface area contributed by atoms with Crippen LogP contribution in [0.2, 0.25) is 0 Å². The van der Waals surface area contributed by atoms with E-state index in [1.807, 2.05) is 0 Å². The molecule has 1 aromatic rings. The van der Waals surface area contributed by atoms with Crippen molar-refractivity contribution in [2.24, 2.45) is 11.5 Å². The molecule has 1 aromatic carbocycles. The fourth-order valence-electron chi connectivity index (χ4n) is 6.44. The number of hydrogen-bond acceptors (Lipinski definition) is 16. The molecule has 2 aliphatic heterocycles. The number of nitrogens with one attached hydrogen (secondary N) is 8. The first-order valence-corrected chi connectivity index (χ1v) is 18.8. The monoisotopic (exact) mass is 880 g/mol. The highest BCUT2D eigenvalue weighted by molar-refractivity contribution is 5.86. The van der Waals surface area contributed by atoms with Crippen LogP contribution in [0.4, 0.5) is 9.59 Å². The summed E-state index contributed by atoms with van der Waals surface area (Å²) in [7, 11) is 0. The molecule has 0 fully saturated rings. The van der Waals surface area contributed by atoms with Gasteiger partial charge in [0.25, 0.3) is 0 Å². The lowest BCUT2D eigenvalue weighted by molar-refractivity contribution is -0.147. The normalized spacial score (nSPS) is 22.4. The van der Waals surface area contributed by atoms with Crippen molar-refractivity contribution < 1.29 is 78.4 Å². The number of carbonyl (C=O) groups excluding carboxylic acids is 4. The summed E-state index contributed by atoms with van der Waals surface area (Å²) in [6.45, 7) is 0.351. The quantitative estimate of drug-likeness (QED) is 0.0431. The van der Waals surface area contributed by atoms with Crippen molar-refractivity contribution in [3.8, 4) is 0 Å². The summed E-state index contributed by atoms with van der Waals surface area (Å²) in [4.78, 5) is 73.5. The molecule has 0 aliphatic carbocycles. The first kappa shape index (κ1) is 49.5. The molecular formula is C36H52N10O16. The number of guanidine groups is 2.